The number of nitrogens with one attached hydrogen (secondary N) is 1. The fourth-order valence-corrected chi connectivity index (χ4v) is 2.17. The number of hydrogen-bond acceptors (Lipinski definition) is 1. The van der Waals surface area contributed by atoms with Crippen molar-refractivity contribution in [2.75, 3.05) is 6.54 Å². The zero-order valence-electron chi connectivity index (χ0n) is 8.02. The summed E-state index contributed by atoms with van der Waals surface area (Å²) in [5, 5.41) is 4.23. The molecule has 0 saturated carbocycles. The molecule has 70 valence electrons. The van der Waals surface area contributed by atoms with Crippen molar-refractivity contribution in [1.29, 1.82) is 0 Å². The summed E-state index contributed by atoms with van der Waals surface area (Å²) in [7, 11) is 0. The van der Waals surface area contributed by atoms with E-state index in [0.717, 1.165) is 18.1 Å². The topological polar surface area (TPSA) is 12.0 Å². The summed E-state index contributed by atoms with van der Waals surface area (Å²) >= 11 is 5.94. The second-order valence-corrected chi connectivity index (χ2v) is 4.73. The number of rotatable bonds is 0. The van der Waals surface area contributed by atoms with Gasteiger partial charge in [-0.25, -0.2) is 0 Å². The van der Waals surface area contributed by atoms with Crippen molar-refractivity contribution >= 4 is 11.6 Å². The monoisotopic (exact) mass is 195 g/mol. The van der Waals surface area contributed by atoms with Crippen LogP contribution in [0.2, 0.25) is 5.02 Å². The highest BCUT2D eigenvalue weighted by Gasteiger charge is 2.26. The molecule has 0 amide bonds. The molecule has 0 spiro atoms. The van der Waals surface area contributed by atoms with Gasteiger partial charge in [-0.2, -0.15) is 0 Å². The SMILES string of the molecule is CC1(C)CNCc2cc(Cl)ccc21. The Morgan fingerprint density at radius 1 is 1.38 bits per heavy atom. The zero-order valence-corrected chi connectivity index (χ0v) is 8.78. The lowest BCUT2D eigenvalue weighted by Gasteiger charge is -2.33. The number of fused-ring (bicyclic) bond motifs is 1. The van der Waals surface area contributed by atoms with Crippen LogP contribution < -0.4 is 5.32 Å². The average Bonchev–Trinajstić information content (AvgIpc) is 2.02. The molecule has 0 atom stereocenters. The van der Waals surface area contributed by atoms with Gasteiger partial charge in [-0.15, -0.1) is 0 Å². The van der Waals surface area contributed by atoms with E-state index in [1.165, 1.54) is 11.1 Å². The van der Waals surface area contributed by atoms with E-state index in [0.29, 0.717) is 0 Å². The number of hydrogen-bond donors (Lipinski definition) is 1. The second kappa shape index (κ2) is 3.00. The minimum absolute atomic E-state index is 0.234. The van der Waals surface area contributed by atoms with Crippen LogP contribution in [0.1, 0.15) is 25.0 Å². The molecule has 2 rings (SSSR count). The standard InChI is InChI=1S/C11H14ClN/c1-11(2)7-13-6-8-5-9(12)3-4-10(8)11/h3-5,13H,6-7H2,1-2H3. The Morgan fingerprint density at radius 2 is 2.15 bits per heavy atom. The molecule has 1 nitrogen and oxygen atoms in total. The third-order valence-electron chi connectivity index (χ3n) is 2.68. The summed E-state index contributed by atoms with van der Waals surface area (Å²) in [6.45, 7) is 6.50. The molecule has 0 unspecified atom stereocenters. The quantitative estimate of drug-likeness (QED) is 0.672. The van der Waals surface area contributed by atoms with Gasteiger partial charge < -0.3 is 5.32 Å². The molecule has 0 fully saturated rings. The first-order chi connectivity index (χ1) is 6.09. The van der Waals surface area contributed by atoms with Crippen molar-refractivity contribution in [3.63, 3.8) is 0 Å². The molecule has 2 heteroatoms. The molecule has 0 bridgehead atoms. The fourth-order valence-electron chi connectivity index (χ4n) is 1.97. The van der Waals surface area contributed by atoms with Crippen molar-refractivity contribution in [1.82, 2.24) is 5.32 Å². The van der Waals surface area contributed by atoms with E-state index in [2.05, 4.69) is 31.3 Å². The van der Waals surface area contributed by atoms with Crippen LogP contribution in [0.5, 0.6) is 0 Å². The van der Waals surface area contributed by atoms with Crippen LogP contribution in [0.3, 0.4) is 0 Å². The molecule has 1 aliphatic rings. The largest absolute Gasteiger partial charge is 0.312 e. The highest BCUT2D eigenvalue weighted by molar-refractivity contribution is 6.30. The molecule has 0 aromatic heterocycles. The van der Waals surface area contributed by atoms with E-state index < -0.39 is 0 Å². The average molecular weight is 196 g/mol. The highest BCUT2D eigenvalue weighted by atomic mass is 35.5. The maximum Gasteiger partial charge on any atom is 0.0409 e. The van der Waals surface area contributed by atoms with Gasteiger partial charge in [0.15, 0.2) is 0 Å². The Hall–Kier alpha value is -0.530. The molecule has 1 aromatic rings. The van der Waals surface area contributed by atoms with E-state index in [-0.39, 0.29) is 5.41 Å². The molecule has 0 radical (unpaired) electrons. The maximum atomic E-state index is 5.94. The van der Waals surface area contributed by atoms with Crippen LogP contribution in [0.4, 0.5) is 0 Å². The second-order valence-electron chi connectivity index (χ2n) is 4.29. The van der Waals surface area contributed by atoms with Gasteiger partial charge in [0.05, 0.1) is 0 Å². The van der Waals surface area contributed by atoms with Gasteiger partial charge in [0, 0.05) is 23.5 Å². The lowest BCUT2D eigenvalue weighted by atomic mass is 9.79. The van der Waals surface area contributed by atoms with Crippen LogP contribution in [0.15, 0.2) is 18.2 Å². The molecular formula is C11H14ClN. The van der Waals surface area contributed by atoms with E-state index in [9.17, 15) is 0 Å². The van der Waals surface area contributed by atoms with E-state index in [1.54, 1.807) is 0 Å². The summed E-state index contributed by atoms with van der Waals surface area (Å²) in [5.41, 5.74) is 3.00. The summed E-state index contributed by atoms with van der Waals surface area (Å²) in [4.78, 5) is 0. The summed E-state index contributed by atoms with van der Waals surface area (Å²) < 4.78 is 0. The molecule has 1 N–H and O–H groups in total. The Kier molecular flexibility index (Phi) is 2.09. The number of halogens is 1. The van der Waals surface area contributed by atoms with Crippen LogP contribution in [0.25, 0.3) is 0 Å². The Labute approximate surface area is 84.1 Å². The lowest BCUT2D eigenvalue weighted by Crippen LogP contribution is -2.38. The predicted octanol–water partition coefficient (Wildman–Crippen LogP) is 2.72. The first-order valence-corrected chi connectivity index (χ1v) is 4.97. The van der Waals surface area contributed by atoms with Gasteiger partial charge in [0.2, 0.25) is 0 Å². The van der Waals surface area contributed by atoms with Gasteiger partial charge in [-0.1, -0.05) is 31.5 Å². The van der Waals surface area contributed by atoms with Crippen LogP contribution >= 0.6 is 11.6 Å². The molecule has 0 aliphatic carbocycles. The van der Waals surface area contributed by atoms with Gasteiger partial charge in [-0.05, 0) is 23.3 Å². The fraction of sp³-hybridized carbons (Fsp3) is 0.455. The van der Waals surface area contributed by atoms with Gasteiger partial charge in [0.1, 0.15) is 0 Å². The molecule has 13 heavy (non-hydrogen) atoms. The van der Waals surface area contributed by atoms with Crippen molar-refractivity contribution < 1.29 is 0 Å². The van der Waals surface area contributed by atoms with Crippen LogP contribution in [0, 0.1) is 0 Å². The lowest BCUT2D eigenvalue weighted by molar-refractivity contribution is 0.435. The Bertz CT molecular complexity index is 331. The summed E-state index contributed by atoms with van der Waals surface area (Å²) in [5.74, 6) is 0. The van der Waals surface area contributed by atoms with E-state index >= 15 is 0 Å². The zero-order chi connectivity index (χ0) is 9.47. The van der Waals surface area contributed by atoms with Crippen molar-refractivity contribution in [2.24, 2.45) is 0 Å². The third-order valence-corrected chi connectivity index (χ3v) is 2.91. The van der Waals surface area contributed by atoms with Gasteiger partial charge in [-0.3, -0.25) is 0 Å². The van der Waals surface area contributed by atoms with Gasteiger partial charge >= 0.3 is 0 Å². The number of benzene rings is 1. The summed E-state index contributed by atoms with van der Waals surface area (Å²) in [6.07, 6.45) is 0. The van der Waals surface area contributed by atoms with Crippen LogP contribution in [-0.4, -0.2) is 6.54 Å². The minimum atomic E-state index is 0.234. The maximum absolute atomic E-state index is 5.94. The van der Waals surface area contributed by atoms with E-state index in [4.69, 9.17) is 11.6 Å². The summed E-state index contributed by atoms with van der Waals surface area (Å²) in [6, 6.07) is 6.19. The highest BCUT2D eigenvalue weighted by Crippen LogP contribution is 2.30. The van der Waals surface area contributed by atoms with Crippen molar-refractivity contribution in [2.45, 2.75) is 25.8 Å². The molecular weight excluding hydrogens is 182 g/mol. The smallest absolute Gasteiger partial charge is 0.0409 e. The Balaban J connectivity index is 2.53. The molecule has 0 saturated heterocycles. The molecule has 1 heterocycles. The first kappa shape index (κ1) is 9.04. The molecule has 1 aromatic carbocycles. The molecule has 1 aliphatic heterocycles. The third kappa shape index (κ3) is 1.59. The van der Waals surface area contributed by atoms with Gasteiger partial charge in [0.25, 0.3) is 0 Å². The predicted molar refractivity (Wildman–Crippen MR) is 56.2 cm³/mol. The Morgan fingerprint density at radius 3 is 2.92 bits per heavy atom. The normalized spacial score (nSPS) is 19.6. The minimum Gasteiger partial charge on any atom is -0.312 e. The first-order valence-electron chi connectivity index (χ1n) is 4.59. The van der Waals surface area contributed by atoms with E-state index in [1.807, 2.05) is 6.07 Å². The van der Waals surface area contributed by atoms with Crippen LogP contribution in [-0.2, 0) is 12.0 Å². The van der Waals surface area contributed by atoms with Crippen molar-refractivity contribution in [3.05, 3.63) is 34.3 Å². The van der Waals surface area contributed by atoms with Crippen molar-refractivity contribution in [3.8, 4) is 0 Å².